The van der Waals surface area contributed by atoms with Gasteiger partial charge in [-0.15, -0.1) is 0 Å². The number of phenolic OH excluding ortho intramolecular Hbond substituents is 2. The largest absolute Gasteiger partial charge is 0.508 e. The third-order valence-corrected chi connectivity index (χ3v) is 2.99. The van der Waals surface area contributed by atoms with E-state index >= 15 is 0 Å². The number of amides is 1. The predicted molar refractivity (Wildman–Crippen MR) is 74.5 cm³/mol. The van der Waals surface area contributed by atoms with Gasteiger partial charge in [-0.1, -0.05) is 6.92 Å². The molecule has 3 N–H and O–H groups in total. The summed E-state index contributed by atoms with van der Waals surface area (Å²) in [6.07, 6.45) is 4.06. The van der Waals surface area contributed by atoms with E-state index in [1.807, 2.05) is 19.1 Å². The first kappa shape index (κ1) is 13.9. The summed E-state index contributed by atoms with van der Waals surface area (Å²) >= 11 is 0. The van der Waals surface area contributed by atoms with Gasteiger partial charge >= 0.3 is 0 Å². The highest BCUT2D eigenvalue weighted by molar-refractivity contribution is 5.95. The summed E-state index contributed by atoms with van der Waals surface area (Å²) in [5.41, 5.74) is 1.18. The molecule has 0 saturated heterocycles. The van der Waals surface area contributed by atoms with E-state index in [9.17, 15) is 15.0 Å². The van der Waals surface area contributed by atoms with Gasteiger partial charge in [0.05, 0.1) is 6.04 Å². The molecular weight excluding hydrogens is 256 g/mol. The fourth-order valence-corrected chi connectivity index (χ4v) is 1.98. The van der Waals surface area contributed by atoms with E-state index in [0.717, 1.165) is 12.0 Å². The van der Waals surface area contributed by atoms with Crippen LogP contribution < -0.4 is 5.32 Å². The standard InChI is InChI=1S/C15H16N2O3/c1-2-14(10-3-5-16-6-4-10)17-15(20)11-7-12(18)9-13(19)8-11/h3-9,14,18-19H,2H2,1H3,(H,17,20). The van der Waals surface area contributed by atoms with Gasteiger partial charge in [0.1, 0.15) is 11.5 Å². The Morgan fingerprint density at radius 2 is 1.80 bits per heavy atom. The van der Waals surface area contributed by atoms with E-state index < -0.39 is 0 Å². The van der Waals surface area contributed by atoms with Gasteiger partial charge in [0.15, 0.2) is 0 Å². The lowest BCUT2D eigenvalue weighted by Gasteiger charge is -2.17. The molecule has 1 amide bonds. The molecule has 20 heavy (non-hydrogen) atoms. The van der Waals surface area contributed by atoms with Gasteiger partial charge in [-0.25, -0.2) is 0 Å². The summed E-state index contributed by atoms with van der Waals surface area (Å²) in [7, 11) is 0. The first-order chi connectivity index (χ1) is 9.60. The van der Waals surface area contributed by atoms with Crippen LogP contribution in [0.2, 0.25) is 0 Å². The van der Waals surface area contributed by atoms with E-state index in [2.05, 4.69) is 10.3 Å². The molecule has 0 radical (unpaired) electrons. The van der Waals surface area contributed by atoms with E-state index in [-0.39, 0.29) is 29.0 Å². The highest BCUT2D eigenvalue weighted by Gasteiger charge is 2.15. The monoisotopic (exact) mass is 272 g/mol. The van der Waals surface area contributed by atoms with E-state index in [0.29, 0.717) is 0 Å². The minimum absolute atomic E-state index is 0.144. The first-order valence-electron chi connectivity index (χ1n) is 6.34. The second-order valence-corrected chi connectivity index (χ2v) is 4.45. The quantitative estimate of drug-likeness (QED) is 0.798. The molecule has 0 bridgehead atoms. The van der Waals surface area contributed by atoms with Gasteiger partial charge in [-0.05, 0) is 36.2 Å². The fourth-order valence-electron chi connectivity index (χ4n) is 1.98. The summed E-state index contributed by atoms with van der Waals surface area (Å²) in [6.45, 7) is 1.96. The van der Waals surface area contributed by atoms with Gasteiger partial charge < -0.3 is 15.5 Å². The maximum absolute atomic E-state index is 12.1. The third kappa shape index (κ3) is 3.26. The highest BCUT2D eigenvalue weighted by Crippen LogP contribution is 2.22. The van der Waals surface area contributed by atoms with Crippen molar-refractivity contribution >= 4 is 5.91 Å². The third-order valence-electron chi connectivity index (χ3n) is 2.99. The molecule has 2 rings (SSSR count). The maximum atomic E-state index is 12.1. The van der Waals surface area contributed by atoms with E-state index in [1.54, 1.807) is 12.4 Å². The van der Waals surface area contributed by atoms with Gasteiger partial charge in [0.25, 0.3) is 5.91 Å². The number of aromatic nitrogens is 1. The Kier molecular flexibility index (Phi) is 4.20. The van der Waals surface area contributed by atoms with Crippen molar-refractivity contribution in [2.24, 2.45) is 0 Å². The van der Waals surface area contributed by atoms with Gasteiger partial charge in [-0.3, -0.25) is 9.78 Å². The number of benzene rings is 1. The van der Waals surface area contributed by atoms with Crippen LogP contribution >= 0.6 is 0 Å². The molecule has 0 aliphatic rings. The Hall–Kier alpha value is -2.56. The Labute approximate surface area is 116 Å². The van der Waals surface area contributed by atoms with Crippen LogP contribution in [0, 0.1) is 0 Å². The molecule has 1 heterocycles. The molecule has 1 aromatic carbocycles. The molecule has 0 aliphatic carbocycles. The van der Waals surface area contributed by atoms with Crippen LogP contribution in [-0.4, -0.2) is 21.1 Å². The number of aromatic hydroxyl groups is 2. The van der Waals surface area contributed by atoms with Gasteiger partial charge in [0, 0.05) is 24.0 Å². The number of hydrogen-bond donors (Lipinski definition) is 3. The fraction of sp³-hybridized carbons (Fsp3) is 0.200. The Morgan fingerprint density at radius 1 is 1.20 bits per heavy atom. The average Bonchev–Trinajstić information content (AvgIpc) is 2.44. The Balaban J connectivity index is 2.17. The molecule has 0 spiro atoms. The smallest absolute Gasteiger partial charge is 0.252 e. The molecule has 1 unspecified atom stereocenters. The first-order valence-corrected chi connectivity index (χ1v) is 6.34. The highest BCUT2D eigenvalue weighted by atomic mass is 16.3. The van der Waals surface area contributed by atoms with Crippen molar-refractivity contribution in [3.8, 4) is 11.5 Å². The van der Waals surface area contributed by atoms with Crippen molar-refractivity contribution in [3.05, 3.63) is 53.9 Å². The Morgan fingerprint density at radius 3 is 2.35 bits per heavy atom. The molecule has 1 aromatic heterocycles. The zero-order valence-electron chi connectivity index (χ0n) is 11.1. The summed E-state index contributed by atoms with van der Waals surface area (Å²) in [6, 6.07) is 7.34. The van der Waals surface area contributed by atoms with Crippen molar-refractivity contribution in [3.63, 3.8) is 0 Å². The Bertz CT molecular complexity index is 579. The number of nitrogens with zero attached hydrogens (tertiary/aromatic N) is 1. The minimum atomic E-state index is -0.347. The molecule has 5 heteroatoms. The number of nitrogens with one attached hydrogen (secondary N) is 1. The number of carbonyl (C=O) groups excluding carboxylic acids is 1. The number of phenols is 2. The lowest BCUT2D eigenvalue weighted by atomic mass is 10.1. The topological polar surface area (TPSA) is 82.5 Å². The lowest BCUT2D eigenvalue weighted by Crippen LogP contribution is -2.28. The van der Waals surface area contributed by atoms with Crippen molar-refractivity contribution in [1.29, 1.82) is 0 Å². The summed E-state index contributed by atoms with van der Waals surface area (Å²) in [5, 5.41) is 21.7. The second kappa shape index (κ2) is 6.06. The van der Waals surface area contributed by atoms with Gasteiger partial charge in [-0.2, -0.15) is 0 Å². The van der Waals surface area contributed by atoms with E-state index in [4.69, 9.17) is 0 Å². The molecule has 2 aromatic rings. The van der Waals surface area contributed by atoms with Crippen molar-refractivity contribution in [2.75, 3.05) is 0 Å². The maximum Gasteiger partial charge on any atom is 0.252 e. The summed E-state index contributed by atoms with van der Waals surface area (Å²) in [5.74, 6) is -0.640. The lowest BCUT2D eigenvalue weighted by molar-refractivity contribution is 0.0934. The van der Waals surface area contributed by atoms with Crippen LogP contribution in [0.5, 0.6) is 11.5 Å². The molecule has 104 valence electrons. The predicted octanol–water partition coefficient (Wildman–Crippen LogP) is 2.37. The normalized spacial score (nSPS) is 11.8. The molecule has 5 nitrogen and oxygen atoms in total. The summed E-state index contributed by atoms with van der Waals surface area (Å²) < 4.78 is 0. The van der Waals surface area contributed by atoms with Gasteiger partial charge in [0.2, 0.25) is 0 Å². The zero-order valence-corrected chi connectivity index (χ0v) is 11.1. The SMILES string of the molecule is CCC(NC(=O)c1cc(O)cc(O)c1)c1ccncc1. The van der Waals surface area contributed by atoms with Crippen LogP contribution in [0.4, 0.5) is 0 Å². The molecule has 1 atom stereocenters. The molecule has 0 fully saturated rings. The van der Waals surface area contributed by atoms with Crippen molar-refractivity contribution < 1.29 is 15.0 Å². The minimum Gasteiger partial charge on any atom is -0.508 e. The number of hydrogen-bond acceptors (Lipinski definition) is 4. The molecule has 0 aliphatic heterocycles. The van der Waals surface area contributed by atoms with E-state index in [1.165, 1.54) is 18.2 Å². The number of pyridine rings is 1. The number of carbonyl (C=O) groups is 1. The van der Waals surface area contributed by atoms with Crippen LogP contribution in [0.1, 0.15) is 35.3 Å². The van der Waals surface area contributed by atoms with Crippen molar-refractivity contribution in [2.45, 2.75) is 19.4 Å². The van der Waals surface area contributed by atoms with Crippen LogP contribution in [-0.2, 0) is 0 Å². The van der Waals surface area contributed by atoms with Crippen LogP contribution in [0.25, 0.3) is 0 Å². The zero-order chi connectivity index (χ0) is 14.5. The average molecular weight is 272 g/mol. The molecular formula is C15H16N2O3. The van der Waals surface area contributed by atoms with Crippen molar-refractivity contribution in [1.82, 2.24) is 10.3 Å². The van der Waals surface area contributed by atoms with Crippen LogP contribution in [0.3, 0.4) is 0 Å². The van der Waals surface area contributed by atoms with Crippen LogP contribution in [0.15, 0.2) is 42.7 Å². The number of rotatable bonds is 4. The summed E-state index contributed by atoms with van der Waals surface area (Å²) in [4.78, 5) is 16.1. The molecule has 0 saturated carbocycles. The second-order valence-electron chi connectivity index (χ2n) is 4.45.